The minimum atomic E-state index is -1.87. The van der Waals surface area contributed by atoms with Crippen LogP contribution in [0.1, 0.15) is 47.0 Å². The van der Waals surface area contributed by atoms with Crippen molar-refractivity contribution < 1.29 is 13.9 Å². The molecule has 1 fully saturated rings. The van der Waals surface area contributed by atoms with Crippen molar-refractivity contribution in [2.75, 3.05) is 13.9 Å². The largest absolute Gasteiger partial charge is 0.405 e. The summed E-state index contributed by atoms with van der Waals surface area (Å²) in [6.45, 7) is 18.0. The zero-order valence-corrected chi connectivity index (χ0v) is 15.3. The molecule has 0 amide bonds. The molecule has 3 nitrogen and oxygen atoms in total. The van der Waals surface area contributed by atoms with Crippen LogP contribution in [0.25, 0.3) is 0 Å². The molecule has 4 heteroatoms. The lowest BCUT2D eigenvalue weighted by Gasteiger charge is -2.47. The van der Waals surface area contributed by atoms with Crippen molar-refractivity contribution in [2.24, 2.45) is 0 Å². The van der Waals surface area contributed by atoms with Crippen molar-refractivity contribution in [2.45, 2.75) is 76.8 Å². The molecule has 0 radical (unpaired) electrons. The lowest BCUT2D eigenvalue weighted by atomic mass is 9.92. The molecule has 1 aliphatic carbocycles. The second-order valence-electron chi connectivity index (χ2n) is 7.49. The average molecular weight is 301 g/mol. The first kappa shape index (κ1) is 17.9. The molecule has 20 heavy (non-hydrogen) atoms. The van der Waals surface area contributed by atoms with Crippen molar-refractivity contribution in [1.29, 1.82) is 0 Å². The van der Waals surface area contributed by atoms with Crippen molar-refractivity contribution in [3.05, 3.63) is 12.2 Å². The Morgan fingerprint density at radius 2 is 1.95 bits per heavy atom. The van der Waals surface area contributed by atoms with E-state index in [0.29, 0.717) is 6.79 Å². The van der Waals surface area contributed by atoms with Crippen LogP contribution >= 0.6 is 0 Å². The van der Waals surface area contributed by atoms with Crippen LogP contribution in [0.5, 0.6) is 0 Å². The van der Waals surface area contributed by atoms with E-state index in [4.69, 9.17) is 13.9 Å². The molecule has 0 spiro atoms. The topological polar surface area (TPSA) is 27.7 Å². The van der Waals surface area contributed by atoms with Gasteiger partial charge in [0.1, 0.15) is 12.4 Å². The summed E-state index contributed by atoms with van der Waals surface area (Å²) in [5.41, 5.74) is 0.752. The lowest BCUT2D eigenvalue weighted by Crippen LogP contribution is -2.54. The van der Waals surface area contributed by atoms with Crippen LogP contribution in [0.3, 0.4) is 0 Å². The van der Waals surface area contributed by atoms with Crippen LogP contribution in [0.15, 0.2) is 12.2 Å². The van der Waals surface area contributed by atoms with Crippen LogP contribution in [-0.4, -0.2) is 33.9 Å². The first-order valence-corrected chi connectivity index (χ1v) is 10.4. The quantitative estimate of drug-likeness (QED) is 0.411. The Morgan fingerprint density at radius 3 is 2.40 bits per heavy atom. The van der Waals surface area contributed by atoms with Crippen molar-refractivity contribution in [3.8, 4) is 0 Å². The first-order valence-electron chi connectivity index (χ1n) is 7.53. The first-order chi connectivity index (χ1) is 9.07. The van der Waals surface area contributed by atoms with Gasteiger partial charge in [-0.2, -0.15) is 0 Å². The Labute approximate surface area is 125 Å². The third-order valence-corrected chi connectivity index (χ3v) is 9.37. The molecule has 0 unspecified atom stereocenters. The minimum absolute atomic E-state index is 0.0640. The molecule has 1 aliphatic rings. The summed E-state index contributed by atoms with van der Waals surface area (Å²) in [6.07, 6.45) is 3.21. The standard InChI is InChI=1S/C16H32O3Si/c1-13(2)16(19-20(7,8)15(3,4)5)11-9-10-14(16)18-12-17-6/h14H,1,9-12H2,2-8H3/t14-,16+/m0/s1. The summed E-state index contributed by atoms with van der Waals surface area (Å²) in [4.78, 5) is 0. The molecule has 0 N–H and O–H groups in total. The molecule has 0 bridgehead atoms. The zero-order chi connectivity index (χ0) is 15.6. The molecule has 0 aromatic carbocycles. The maximum Gasteiger partial charge on any atom is 0.193 e. The molecule has 1 rings (SSSR count). The highest BCUT2D eigenvalue weighted by Crippen LogP contribution is 2.47. The van der Waals surface area contributed by atoms with E-state index in [0.717, 1.165) is 24.8 Å². The summed E-state index contributed by atoms with van der Waals surface area (Å²) in [5.74, 6) is 0. The molecule has 2 atom stereocenters. The molecule has 0 aromatic rings. The van der Waals surface area contributed by atoms with Crippen molar-refractivity contribution >= 4 is 8.32 Å². The molecule has 0 aromatic heterocycles. The molecule has 0 heterocycles. The molecular weight excluding hydrogens is 268 g/mol. The summed E-state index contributed by atoms with van der Waals surface area (Å²) in [5, 5.41) is 0.184. The minimum Gasteiger partial charge on any atom is -0.405 e. The van der Waals surface area contributed by atoms with Crippen LogP contribution in [0.4, 0.5) is 0 Å². The van der Waals surface area contributed by atoms with E-state index in [-0.39, 0.29) is 16.7 Å². The van der Waals surface area contributed by atoms with Gasteiger partial charge in [-0.05, 0) is 49.9 Å². The third-order valence-electron chi connectivity index (χ3n) is 4.89. The van der Waals surface area contributed by atoms with E-state index in [1.807, 2.05) is 0 Å². The Balaban J connectivity index is 3.01. The van der Waals surface area contributed by atoms with Crippen LogP contribution in [-0.2, 0) is 13.9 Å². The Morgan fingerprint density at radius 1 is 1.35 bits per heavy atom. The van der Waals surface area contributed by atoms with Gasteiger partial charge < -0.3 is 13.9 Å². The molecule has 0 aliphatic heterocycles. The van der Waals surface area contributed by atoms with E-state index < -0.39 is 8.32 Å². The highest BCUT2D eigenvalue weighted by Gasteiger charge is 2.51. The fourth-order valence-corrected chi connectivity index (χ4v) is 4.24. The summed E-state index contributed by atoms with van der Waals surface area (Å²) < 4.78 is 17.8. The van der Waals surface area contributed by atoms with Gasteiger partial charge in [-0.3, -0.25) is 0 Å². The zero-order valence-electron chi connectivity index (χ0n) is 14.3. The monoisotopic (exact) mass is 300 g/mol. The van der Waals surface area contributed by atoms with Gasteiger partial charge in [0.05, 0.1) is 6.10 Å². The average Bonchev–Trinajstić information content (AvgIpc) is 2.68. The highest BCUT2D eigenvalue weighted by molar-refractivity contribution is 6.74. The third kappa shape index (κ3) is 3.53. The SMILES string of the molecule is C=C(C)[C@]1(O[Si](C)(C)C(C)(C)C)CCC[C@@H]1OCOC. The molecular formula is C16H32O3Si. The fourth-order valence-electron chi connectivity index (χ4n) is 2.61. The van der Waals surface area contributed by atoms with Crippen LogP contribution in [0, 0.1) is 0 Å². The van der Waals surface area contributed by atoms with Crippen molar-refractivity contribution in [3.63, 3.8) is 0 Å². The Kier molecular flexibility index (Phi) is 5.64. The second kappa shape index (κ2) is 6.30. The van der Waals surface area contributed by atoms with E-state index in [9.17, 15) is 0 Å². The number of ether oxygens (including phenoxy) is 2. The summed E-state index contributed by atoms with van der Waals surface area (Å²) in [6, 6.07) is 0. The predicted molar refractivity (Wildman–Crippen MR) is 86.4 cm³/mol. The van der Waals surface area contributed by atoms with Gasteiger partial charge >= 0.3 is 0 Å². The number of rotatable bonds is 6. The molecule has 0 saturated heterocycles. The van der Waals surface area contributed by atoms with E-state index >= 15 is 0 Å². The van der Waals surface area contributed by atoms with Gasteiger partial charge in [0.2, 0.25) is 0 Å². The normalized spacial score (nSPS) is 27.9. The number of hydrogen-bond donors (Lipinski definition) is 0. The van der Waals surface area contributed by atoms with Crippen LogP contribution < -0.4 is 0 Å². The van der Waals surface area contributed by atoms with E-state index in [1.54, 1.807) is 7.11 Å². The fraction of sp³-hybridized carbons (Fsp3) is 0.875. The highest BCUT2D eigenvalue weighted by atomic mass is 28.4. The van der Waals surface area contributed by atoms with Gasteiger partial charge in [0.25, 0.3) is 0 Å². The van der Waals surface area contributed by atoms with Gasteiger partial charge in [0.15, 0.2) is 8.32 Å². The number of hydrogen-bond acceptors (Lipinski definition) is 3. The van der Waals surface area contributed by atoms with Gasteiger partial charge in [-0.15, -0.1) is 0 Å². The maximum atomic E-state index is 6.78. The van der Waals surface area contributed by atoms with Gasteiger partial charge in [-0.1, -0.05) is 27.4 Å². The van der Waals surface area contributed by atoms with Crippen molar-refractivity contribution in [1.82, 2.24) is 0 Å². The van der Waals surface area contributed by atoms with Gasteiger partial charge in [-0.25, -0.2) is 0 Å². The summed E-state index contributed by atoms with van der Waals surface area (Å²) >= 11 is 0. The predicted octanol–water partition coefficient (Wildman–Crippen LogP) is 4.50. The molecule has 1 saturated carbocycles. The van der Waals surface area contributed by atoms with Crippen LogP contribution in [0.2, 0.25) is 18.1 Å². The van der Waals surface area contributed by atoms with Gasteiger partial charge in [0, 0.05) is 7.11 Å². The Bertz CT molecular complexity index is 346. The Hall–Kier alpha value is -0.163. The summed E-state index contributed by atoms with van der Waals surface area (Å²) in [7, 11) is -0.209. The lowest BCUT2D eigenvalue weighted by molar-refractivity contribution is -0.123. The van der Waals surface area contributed by atoms with E-state index in [2.05, 4.69) is 47.4 Å². The number of methoxy groups -OCH3 is 1. The second-order valence-corrected chi connectivity index (χ2v) is 12.2. The van der Waals surface area contributed by atoms with E-state index in [1.165, 1.54) is 0 Å². The molecule has 118 valence electrons. The maximum absolute atomic E-state index is 6.78. The smallest absolute Gasteiger partial charge is 0.193 e.